The van der Waals surface area contributed by atoms with Gasteiger partial charge in [0, 0.05) is 35.5 Å². The van der Waals surface area contributed by atoms with Gasteiger partial charge in [0.2, 0.25) is 6.23 Å². The molecule has 0 bridgehead atoms. The van der Waals surface area contributed by atoms with Gasteiger partial charge in [-0.25, -0.2) is 5.01 Å². The van der Waals surface area contributed by atoms with Crippen molar-refractivity contribution in [3.63, 3.8) is 0 Å². The molecule has 0 unspecified atom stereocenters. The van der Waals surface area contributed by atoms with Gasteiger partial charge < -0.3 is 14.6 Å². The summed E-state index contributed by atoms with van der Waals surface area (Å²) >= 11 is 0. The predicted octanol–water partition coefficient (Wildman–Crippen LogP) is 4.43. The number of aromatic hydroxyl groups is 1. The molecule has 3 aromatic rings. The lowest BCUT2D eigenvalue weighted by atomic mass is 9.95. The molecule has 2 atom stereocenters. The number of phenols is 1. The Kier molecular flexibility index (Phi) is 4.31. The maximum atomic E-state index is 10.3. The van der Waals surface area contributed by atoms with Crippen molar-refractivity contribution in [3.8, 4) is 17.2 Å². The molecule has 146 valence electrons. The highest BCUT2D eigenvalue weighted by atomic mass is 16.5. The van der Waals surface area contributed by atoms with Crippen molar-refractivity contribution in [1.29, 1.82) is 0 Å². The molecule has 0 saturated carbocycles. The number of phenolic OH excluding ortho intramolecular Hbond substituents is 1. The molecule has 6 heteroatoms. The van der Waals surface area contributed by atoms with E-state index in [-0.39, 0.29) is 11.8 Å². The molecule has 0 aliphatic carbocycles. The second kappa shape index (κ2) is 7.13. The number of nitrogens with zero attached hydrogens (tertiary/aromatic N) is 3. The standard InChI is InChI=1S/C23H21N3O3/c1-2-28-21-11-5-9-17-19-13-18(16-8-3-4-10-20(16)27)25-26(19)23(29-22(17)21)15-7-6-12-24-14-15/h3-12,14,19,23,27H,2,13H2,1H3/t19-,23+/m0/s1. The van der Waals surface area contributed by atoms with Crippen LogP contribution in [-0.2, 0) is 0 Å². The van der Waals surface area contributed by atoms with Crippen molar-refractivity contribution < 1.29 is 14.6 Å². The fourth-order valence-electron chi connectivity index (χ4n) is 3.98. The zero-order valence-corrected chi connectivity index (χ0v) is 16.0. The molecule has 0 radical (unpaired) electrons. The summed E-state index contributed by atoms with van der Waals surface area (Å²) in [4.78, 5) is 4.25. The maximum Gasteiger partial charge on any atom is 0.215 e. The fourth-order valence-corrected chi connectivity index (χ4v) is 3.98. The van der Waals surface area contributed by atoms with Gasteiger partial charge in [0.15, 0.2) is 11.5 Å². The highest BCUT2D eigenvalue weighted by Crippen LogP contribution is 2.50. The lowest BCUT2D eigenvalue weighted by molar-refractivity contribution is -0.0214. The van der Waals surface area contributed by atoms with Gasteiger partial charge in [-0.1, -0.05) is 30.3 Å². The number of rotatable bonds is 4. The Morgan fingerprint density at radius 1 is 1.14 bits per heavy atom. The van der Waals surface area contributed by atoms with Crippen LogP contribution in [0.3, 0.4) is 0 Å². The number of fused-ring (bicyclic) bond motifs is 3. The van der Waals surface area contributed by atoms with Crippen molar-refractivity contribution >= 4 is 5.71 Å². The van der Waals surface area contributed by atoms with Crippen molar-refractivity contribution in [2.24, 2.45) is 5.10 Å². The lowest BCUT2D eigenvalue weighted by Gasteiger charge is -2.38. The van der Waals surface area contributed by atoms with Crippen LogP contribution in [-0.4, -0.2) is 27.4 Å². The van der Waals surface area contributed by atoms with E-state index in [0.717, 1.165) is 33.9 Å². The molecule has 29 heavy (non-hydrogen) atoms. The van der Waals surface area contributed by atoms with Crippen molar-refractivity contribution in [1.82, 2.24) is 9.99 Å². The van der Waals surface area contributed by atoms with E-state index in [9.17, 15) is 5.11 Å². The predicted molar refractivity (Wildman–Crippen MR) is 109 cm³/mol. The van der Waals surface area contributed by atoms with E-state index in [1.54, 1.807) is 18.5 Å². The minimum absolute atomic E-state index is 0.0148. The first-order chi connectivity index (χ1) is 14.3. The number of hydrazone groups is 1. The number of pyridine rings is 1. The first-order valence-corrected chi connectivity index (χ1v) is 9.72. The molecule has 3 heterocycles. The van der Waals surface area contributed by atoms with E-state index < -0.39 is 6.23 Å². The molecule has 1 N–H and O–H groups in total. The van der Waals surface area contributed by atoms with Gasteiger partial charge in [0.1, 0.15) is 5.75 Å². The van der Waals surface area contributed by atoms with E-state index in [0.29, 0.717) is 13.0 Å². The minimum Gasteiger partial charge on any atom is -0.507 e. The summed E-state index contributed by atoms with van der Waals surface area (Å²) in [6.45, 7) is 2.52. The number of benzene rings is 2. The van der Waals surface area contributed by atoms with Gasteiger partial charge in [-0.15, -0.1) is 0 Å². The number of hydrogen-bond acceptors (Lipinski definition) is 6. The van der Waals surface area contributed by atoms with Gasteiger partial charge in [-0.05, 0) is 31.2 Å². The molecule has 5 rings (SSSR count). The first-order valence-electron chi connectivity index (χ1n) is 9.72. The quantitative estimate of drug-likeness (QED) is 0.717. The molecular weight excluding hydrogens is 366 g/mol. The molecule has 1 aromatic heterocycles. The first kappa shape index (κ1) is 17.6. The van der Waals surface area contributed by atoms with Crippen LogP contribution in [0.2, 0.25) is 0 Å². The summed E-state index contributed by atoms with van der Waals surface area (Å²) in [7, 11) is 0. The second-order valence-electron chi connectivity index (χ2n) is 7.03. The van der Waals surface area contributed by atoms with Crippen LogP contribution in [0.4, 0.5) is 0 Å². The van der Waals surface area contributed by atoms with Crippen molar-refractivity contribution in [2.75, 3.05) is 6.61 Å². The SMILES string of the molecule is CCOc1cccc2c1O[C@H](c1cccnc1)N1N=C(c3ccccc3O)C[C@@H]21. The van der Waals surface area contributed by atoms with E-state index in [1.807, 2.05) is 54.4 Å². The van der Waals surface area contributed by atoms with Crippen LogP contribution in [0.5, 0.6) is 17.2 Å². The molecule has 2 aliphatic heterocycles. The van der Waals surface area contributed by atoms with Crippen molar-refractivity contribution in [2.45, 2.75) is 25.6 Å². The molecule has 2 aliphatic rings. The Balaban J connectivity index is 1.63. The van der Waals surface area contributed by atoms with Crippen LogP contribution < -0.4 is 9.47 Å². The lowest BCUT2D eigenvalue weighted by Crippen LogP contribution is -2.34. The van der Waals surface area contributed by atoms with Gasteiger partial charge >= 0.3 is 0 Å². The number of aromatic nitrogens is 1. The Morgan fingerprint density at radius 3 is 2.83 bits per heavy atom. The molecule has 0 spiro atoms. The normalized spacial score (nSPS) is 19.8. The largest absolute Gasteiger partial charge is 0.507 e. The van der Waals surface area contributed by atoms with Gasteiger partial charge in [-0.2, -0.15) is 5.10 Å². The zero-order chi connectivity index (χ0) is 19.8. The van der Waals surface area contributed by atoms with Crippen LogP contribution in [0.1, 0.15) is 42.3 Å². The Morgan fingerprint density at radius 2 is 2.03 bits per heavy atom. The number of ether oxygens (including phenoxy) is 2. The second-order valence-corrected chi connectivity index (χ2v) is 7.03. The van der Waals surface area contributed by atoms with Gasteiger partial charge in [-0.3, -0.25) is 4.98 Å². The highest BCUT2D eigenvalue weighted by Gasteiger charge is 2.42. The molecular formula is C23H21N3O3. The third kappa shape index (κ3) is 2.97. The molecule has 2 aromatic carbocycles. The van der Waals surface area contributed by atoms with Crippen LogP contribution >= 0.6 is 0 Å². The summed E-state index contributed by atoms with van der Waals surface area (Å²) in [6.07, 6.45) is 3.78. The van der Waals surface area contributed by atoms with E-state index in [4.69, 9.17) is 14.6 Å². The summed E-state index contributed by atoms with van der Waals surface area (Å²) in [6, 6.07) is 17.1. The average molecular weight is 387 g/mol. The maximum absolute atomic E-state index is 10.3. The third-order valence-corrected chi connectivity index (χ3v) is 5.26. The minimum atomic E-state index is -0.425. The van der Waals surface area contributed by atoms with Crippen molar-refractivity contribution in [3.05, 3.63) is 83.7 Å². The molecule has 0 fully saturated rings. The smallest absolute Gasteiger partial charge is 0.215 e. The van der Waals surface area contributed by atoms with Crippen LogP contribution in [0.15, 0.2) is 72.1 Å². The highest BCUT2D eigenvalue weighted by molar-refractivity contribution is 6.04. The molecule has 6 nitrogen and oxygen atoms in total. The van der Waals surface area contributed by atoms with E-state index in [1.165, 1.54) is 0 Å². The zero-order valence-electron chi connectivity index (χ0n) is 16.0. The summed E-state index contributed by atoms with van der Waals surface area (Å²) in [5.74, 6) is 1.71. The third-order valence-electron chi connectivity index (χ3n) is 5.26. The summed E-state index contributed by atoms with van der Waals surface area (Å²) < 4.78 is 12.3. The van der Waals surface area contributed by atoms with E-state index in [2.05, 4.69) is 11.1 Å². The monoisotopic (exact) mass is 387 g/mol. The van der Waals surface area contributed by atoms with Gasteiger partial charge in [0.05, 0.1) is 18.4 Å². The number of hydrogen-bond donors (Lipinski definition) is 1. The summed E-state index contributed by atoms with van der Waals surface area (Å²) in [5, 5.41) is 17.2. The average Bonchev–Trinajstić information content (AvgIpc) is 3.20. The molecule has 0 amide bonds. The molecule has 0 saturated heterocycles. The summed E-state index contributed by atoms with van der Waals surface area (Å²) in [5.41, 5.74) is 3.52. The van der Waals surface area contributed by atoms with Gasteiger partial charge in [0.25, 0.3) is 0 Å². The van der Waals surface area contributed by atoms with Crippen LogP contribution in [0, 0.1) is 0 Å². The Hall–Kier alpha value is -3.54. The number of para-hydroxylation sites is 2. The Bertz CT molecular complexity index is 1070. The van der Waals surface area contributed by atoms with E-state index >= 15 is 0 Å². The fraction of sp³-hybridized carbons (Fsp3) is 0.217. The topological polar surface area (TPSA) is 67.2 Å². The van der Waals surface area contributed by atoms with Crippen LogP contribution in [0.25, 0.3) is 0 Å². The Labute approximate surface area is 169 Å².